The molecule has 0 radical (unpaired) electrons. The van der Waals surface area contributed by atoms with Gasteiger partial charge in [0.15, 0.2) is 0 Å². The van der Waals surface area contributed by atoms with Crippen LogP contribution in [0.15, 0.2) is 18.3 Å². The molecule has 2 amide bonds. The first kappa shape index (κ1) is 16.7. The number of carboxylic acids is 1. The molecule has 8 nitrogen and oxygen atoms in total. The van der Waals surface area contributed by atoms with Crippen LogP contribution in [0.5, 0.6) is 5.88 Å². The van der Waals surface area contributed by atoms with Crippen molar-refractivity contribution in [2.24, 2.45) is 0 Å². The van der Waals surface area contributed by atoms with Gasteiger partial charge in [-0.15, -0.1) is 0 Å². The van der Waals surface area contributed by atoms with Crippen molar-refractivity contribution in [3.63, 3.8) is 0 Å². The summed E-state index contributed by atoms with van der Waals surface area (Å²) in [6, 6.07) is 2.98. The maximum atomic E-state index is 11.9. The number of nitrogens with zero attached hydrogens (tertiary/aromatic N) is 2. The summed E-state index contributed by atoms with van der Waals surface area (Å²) in [5.74, 6) is -0.593. The van der Waals surface area contributed by atoms with Gasteiger partial charge in [0, 0.05) is 32.5 Å². The topological polar surface area (TPSA) is 101 Å². The number of amides is 2. The molecule has 0 unspecified atom stereocenters. The lowest BCUT2D eigenvalue weighted by atomic mass is 10.3. The van der Waals surface area contributed by atoms with Gasteiger partial charge < -0.3 is 24.8 Å². The predicted octanol–water partition coefficient (Wildman–Crippen LogP) is 0.333. The van der Waals surface area contributed by atoms with Crippen LogP contribution in [0.25, 0.3) is 0 Å². The highest BCUT2D eigenvalue weighted by atomic mass is 16.5. The lowest BCUT2D eigenvalue weighted by Crippen LogP contribution is -2.44. The molecular weight excluding hydrogens is 278 g/mol. The molecule has 8 heteroatoms. The van der Waals surface area contributed by atoms with Gasteiger partial charge in [-0.25, -0.2) is 9.78 Å². The highest BCUT2D eigenvalue weighted by molar-refractivity contribution is 5.80. The van der Waals surface area contributed by atoms with Gasteiger partial charge in [0.05, 0.1) is 13.7 Å². The average Bonchev–Trinajstić information content (AvgIpc) is 2.49. The fourth-order valence-corrected chi connectivity index (χ4v) is 1.54. The summed E-state index contributed by atoms with van der Waals surface area (Å²) in [6.45, 7) is 0.343. The van der Waals surface area contributed by atoms with Gasteiger partial charge >= 0.3 is 12.0 Å². The van der Waals surface area contributed by atoms with Crippen LogP contribution >= 0.6 is 0 Å². The van der Waals surface area contributed by atoms with Crippen LogP contribution in [0.2, 0.25) is 0 Å². The minimum absolute atomic E-state index is 0.204. The van der Waals surface area contributed by atoms with Crippen molar-refractivity contribution in [3.8, 4) is 5.88 Å². The van der Waals surface area contributed by atoms with E-state index in [1.165, 1.54) is 19.1 Å². The molecule has 0 aromatic carbocycles. The number of ether oxygens (including phenoxy) is 2. The average molecular weight is 297 g/mol. The molecule has 0 aliphatic carbocycles. The van der Waals surface area contributed by atoms with Crippen LogP contribution in [-0.2, 0) is 16.1 Å². The van der Waals surface area contributed by atoms with E-state index in [0.29, 0.717) is 5.88 Å². The molecule has 0 aliphatic rings. The zero-order valence-corrected chi connectivity index (χ0v) is 12.0. The molecule has 0 saturated carbocycles. The van der Waals surface area contributed by atoms with E-state index in [2.05, 4.69) is 10.3 Å². The third kappa shape index (κ3) is 6.09. The van der Waals surface area contributed by atoms with Crippen molar-refractivity contribution in [3.05, 3.63) is 23.9 Å². The quantitative estimate of drug-likeness (QED) is 0.717. The number of carbonyl (C=O) groups excluding carboxylic acids is 1. The van der Waals surface area contributed by atoms with E-state index in [-0.39, 0.29) is 26.2 Å². The third-order valence-corrected chi connectivity index (χ3v) is 2.63. The predicted molar refractivity (Wildman–Crippen MR) is 74.1 cm³/mol. The Balaban J connectivity index is 2.52. The number of pyridine rings is 1. The van der Waals surface area contributed by atoms with E-state index in [1.54, 1.807) is 18.3 Å². The molecule has 1 rings (SSSR count). The molecule has 1 aromatic heterocycles. The van der Waals surface area contributed by atoms with Crippen LogP contribution in [0.1, 0.15) is 5.56 Å². The number of urea groups is 1. The minimum Gasteiger partial charge on any atom is -0.481 e. The zero-order chi connectivity index (χ0) is 15.7. The molecule has 0 atom stereocenters. The fourth-order valence-electron chi connectivity index (χ4n) is 1.54. The number of nitrogens with one attached hydrogen (secondary N) is 1. The highest BCUT2D eigenvalue weighted by Crippen LogP contribution is 2.06. The maximum Gasteiger partial charge on any atom is 0.323 e. The van der Waals surface area contributed by atoms with E-state index in [1.807, 2.05) is 0 Å². The Bertz CT molecular complexity index is 463. The first-order valence-corrected chi connectivity index (χ1v) is 6.29. The molecule has 0 saturated heterocycles. The smallest absolute Gasteiger partial charge is 0.323 e. The van der Waals surface area contributed by atoms with E-state index >= 15 is 0 Å². The van der Waals surface area contributed by atoms with Crippen LogP contribution in [0.3, 0.4) is 0 Å². The van der Waals surface area contributed by atoms with Crippen molar-refractivity contribution in [2.75, 3.05) is 33.9 Å². The Morgan fingerprint density at radius 3 is 2.67 bits per heavy atom. The van der Waals surface area contributed by atoms with Crippen molar-refractivity contribution in [1.82, 2.24) is 15.2 Å². The number of carboxylic acid groups (broad SMARTS) is 1. The first-order chi connectivity index (χ1) is 10.1. The van der Waals surface area contributed by atoms with Gasteiger partial charge in [-0.3, -0.25) is 4.79 Å². The number of hydrogen-bond acceptors (Lipinski definition) is 5. The Kier molecular flexibility index (Phi) is 6.96. The lowest BCUT2D eigenvalue weighted by Gasteiger charge is -2.20. The van der Waals surface area contributed by atoms with E-state index in [4.69, 9.17) is 14.6 Å². The van der Waals surface area contributed by atoms with Gasteiger partial charge in [0.1, 0.15) is 6.54 Å². The van der Waals surface area contributed by atoms with E-state index in [9.17, 15) is 9.59 Å². The molecule has 0 aliphatic heterocycles. The minimum atomic E-state index is -1.08. The van der Waals surface area contributed by atoms with Gasteiger partial charge in [0.2, 0.25) is 5.88 Å². The van der Waals surface area contributed by atoms with E-state index in [0.717, 1.165) is 5.56 Å². The molecule has 1 heterocycles. The summed E-state index contributed by atoms with van der Waals surface area (Å²) in [5, 5.41) is 11.4. The summed E-state index contributed by atoms with van der Waals surface area (Å²) < 4.78 is 9.79. The van der Waals surface area contributed by atoms with Gasteiger partial charge in [-0.1, -0.05) is 6.07 Å². The summed E-state index contributed by atoms with van der Waals surface area (Å²) >= 11 is 0. The Morgan fingerprint density at radius 2 is 2.14 bits per heavy atom. The SMILES string of the molecule is COCCN(CC(=O)O)C(=O)NCc1ccc(OC)nc1. The van der Waals surface area contributed by atoms with Crippen LogP contribution in [-0.4, -0.2) is 60.9 Å². The van der Waals surface area contributed by atoms with Crippen LogP contribution in [0, 0.1) is 0 Å². The largest absolute Gasteiger partial charge is 0.481 e. The molecule has 1 aromatic rings. The summed E-state index contributed by atoms with van der Waals surface area (Å²) in [7, 11) is 3.00. The van der Waals surface area contributed by atoms with E-state index < -0.39 is 12.0 Å². The second kappa shape index (κ2) is 8.75. The molecule has 21 heavy (non-hydrogen) atoms. The molecule has 2 N–H and O–H groups in total. The first-order valence-electron chi connectivity index (χ1n) is 6.29. The number of aromatic nitrogens is 1. The number of aliphatic carboxylic acids is 1. The summed E-state index contributed by atoms with van der Waals surface area (Å²) in [4.78, 5) is 27.9. The van der Waals surface area contributed by atoms with Crippen molar-refractivity contribution < 1.29 is 24.2 Å². The monoisotopic (exact) mass is 297 g/mol. The molecular formula is C13H19N3O5. The zero-order valence-electron chi connectivity index (χ0n) is 12.0. The molecule has 116 valence electrons. The fraction of sp³-hybridized carbons (Fsp3) is 0.462. The van der Waals surface area contributed by atoms with Gasteiger partial charge in [-0.05, 0) is 5.56 Å². The van der Waals surface area contributed by atoms with Crippen molar-refractivity contribution >= 4 is 12.0 Å². The normalized spacial score (nSPS) is 10.0. The Labute approximate surface area is 122 Å². The van der Waals surface area contributed by atoms with Crippen molar-refractivity contribution in [1.29, 1.82) is 0 Å². The number of hydrogen-bond donors (Lipinski definition) is 2. The van der Waals surface area contributed by atoms with Gasteiger partial charge in [0.25, 0.3) is 0 Å². The second-order valence-electron chi connectivity index (χ2n) is 4.18. The van der Waals surface area contributed by atoms with Crippen LogP contribution < -0.4 is 10.1 Å². The van der Waals surface area contributed by atoms with Crippen LogP contribution in [0.4, 0.5) is 4.79 Å². The Morgan fingerprint density at radius 1 is 1.38 bits per heavy atom. The second-order valence-corrected chi connectivity index (χ2v) is 4.18. The lowest BCUT2D eigenvalue weighted by molar-refractivity contribution is -0.137. The number of rotatable bonds is 8. The summed E-state index contributed by atoms with van der Waals surface area (Å²) in [6.07, 6.45) is 1.58. The Hall–Kier alpha value is -2.35. The third-order valence-electron chi connectivity index (χ3n) is 2.63. The number of methoxy groups -OCH3 is 2. The van der Waals surface area contributed by atoms with Crippen molar-refractivity contribution in [2.45, 2.75) is 6.54 Å². The molecule has 0 bridgehead atoms. The number of carbonyl (C=O) groups is 2. The molecule has 0 spiro atoms. The molecule has 0 fully saturated rings. The maximum absolute atomic E-state index is 11.9. The van der Waals surface area contributed by atoms with Gasteiger partial charge in [-0.2, -0.15) is 0 Å². The standard InChI is InChI=1S/C13H19N3O5/c1-20-6-5-16(9-12(17)18)13(19)15-8-10-3-4-11(21-2)14-7-10/h3-4,7H,5-6,8-9H2,1-2H3,(H,15,19)(H,17,18). The summed E-state index contributed by atoms with van der Waals surface area (Å²) in [5.41, 5.74) is 0.783. The highest BCUT2D eigenvalue weighted by Gasteiger charge is 2.16.